The van der Waals surface area contributed by atoms with Crippen LogP contribution in [0.15, 0.2) is 35.1 Å². The lowest BCUT2D eigenvalue weighted by Crippen LogP contribution is -2.46. The third-order valence-electron chi connectivity index (χ3n) is 5.08. The van der Waals surface area contributed by atoms with E-state index in [1.54, 1.807) is 6.26 Å². The maximum absolute atomic E-state index is 12.4. The van der Waals surface area contributed by atoms with Gasteiger partial charge in [-0.1, -0.05) is 0 Å². The number of carbonyl (C=O) groups excluding carboxylic acids is 1. The summed E-state index contributed by atoms with van der Waals surface area (Å²) < 4.78 is 12.8. The van der Waals surface area contributed by atoms with Crippen molar-refractivity contribution >= 4 is 5.91 Å². The van der Waals surface area contributed by atoms with Crippen molar-refractivity contribution in [1.82, 2.24) is 20.0 Å². The fourth-order valence-electron chi connectivity index (χ4n) is 3.78. The Kier molecular flexibility index (Phi) is 4.85. The largest absolute Gasteiger partial charge is 0.467 e. The topological polar surface area (TPSA) is 72.5 Å². The molecule has 1 atom stereocenters. The van der Waals surface area contributed by atoms with E-state index in [4.69, 9.17) is 9.15 Å². The van der Waals surface area contributed by atoms with Crippen LogP contribution in [0.4, 0.5) is 0 Å². The number of amides is 1. The minimum atomic E-state index is 0.0247. The Hall–Kier alpha value is -2.12. The minimum Gasteiger partial charge on any atom is -0.467 e. The van der Waals surface area contributed by atoms with Crippen LogP contribution in [0, 0.1) is 0 Å². The molecule has 0 bridgehead atoms. The highest BCUT2D eigenvalue weighted by Gasteiger charge is 2.31. The van der Waals surface area contributed by atoms with E-state index in [-0.39, 0.29) is 11.9 Å². The molecule has 0 aromatic carbocycles. The van der Waals surface area contributed by atoms with Crippen molar-refractivity contribution in [2.75, 3.05) is 19.8 Å². The minimum absolute atomic E-state index is 0.0247. The highest BCUT2D eigenvalue weighted by molar-refractivity contribution is 5.76. The lowest BCUT2D eigenvalue weighted by molar-refractivity contribution is -0.122. The number of ether oxygens (including phenoxy) is 1. The first kappa shape index (κ1) is 16.4. The number of aromatic nitrogens is 2. The first-order valence-corrected chi connectivity index (χ1v) is 8.93. The predicted octanol–water partition coefficient (Wildman–Crippen LogP) is 1.72. The van der Waals surface area contributed by atoms with Crippen molar-refractivity contribution in [3.05, 3.63) is 42.1 Å². The number of hydrogen-bond donors (Lipinski definition) is 1. The summed E-state index contributed by atoms with van der Waals surface area (Å²) in [5.74, 6) is 0.789. The standard InChI is InChI=1S/C18H24N4O3/c23-18(19-11-17-2-1-7-25-17)10-16-13-21(14-4-8-24-9-5-14)12-15-3-6-20-22(15)16/h1-3,6-7,14,16H,4-5,8-13H2,(H,19,23)/t16-/m1/s1. The Balaban J connectivity index is 1.40. The third-order valence-corrected chi connectivity index (χ3v) is 5.08. The molecule has 2 aromatic rings. The molecule has 0 saturated carbocycles. The van der Waals surface area contributed by atoms with Gasteiger partial charge in [0.05, 0.1) is 31.0 Å². The van der Waals surface area contributed by atoms with Crippen LogP contribution in [0.1, 0.15) is 36.8 Å². The molecule has 0 aliphatic carbocycles. The zero-order chi connectivity index (χ0) is 17.1. The zero-order valence-electron chi connectivity index (χ0n) is 14.3. The molecule has 2 aromatic heterocycles. The van der Waals surface area contributed by atoms with Crippen LogP contribution >= 0.6 is 0 Å². The van der Waals surface area contributed by atoms with Gasteiger partial charge in [0.2, 0.25) is 5.91 Å². The molecule has 7 heteroatoms. The molecule has 25 heavy (non-hydrogen) atoms. The van der Waals surface area contributed by atoms with E-state index in [2.05, 4.69) is 21.4 Å². The van der Waals surface area contributed by atoms with Crippen LogP contribution in [-0.4, -0.2) is 46.4 Å². The monoisotopic (exact) mass is 344 g/mol. The summed E-state index contributed by atoms with van der Waals surface area (Å²) in [5, 5.41) is 7.39. The van der Waals surface area contributed by atoms with Crippen LogP contribution in [0.25, 0.3) is 0 Å². The number of nitrogens with zero attached hydrogens (tertiary/aromatic N) is 3. The fraction of sp³-hybridized carbons (Fsp3) is 0.556. The lowest BCUT2D eigenvalue weighted by atomic mass is 10.0. The first-order valence-electron chi connectivity index (χ1n) is 8.93. The van der Waals surface area contributed by atoms with E-state index in [0.717, 1.165) is 44.9 Å². The average molecular weight is 344 g/mol. The van der Waals surface area contributed by atoms with E-state index >= 15 is 0 Å². The first-order chi connectivity index (χ1) is 12.3. The van der Waals surface area contributed by atoms with Crippen LogP contribution in [0.5, 0.6) is 0 Å². The normalized spacial score (nSPS) is 21.8. The van der Waals surface area contributed by atoms with Gasteiger partial charge in [-0.3, -0.25) is 14.4 Å². The molecule has 2 aliphatic rings. The van der Waals surface area contributed by atoms with E-state index in [1.165, 1.54) is 5.69 Å². The maximum atomic E-state index is 12.4. The number of furan rings is 1. The number of fused-ring (bicyclic) bond motifs is 1. The Morgan fingerprint density at radius 3 is 3.00 bits per heavy atom. The van der Waals surface area contributed by atoms with Gasteiger partial charge < -0.3 is 14.5 Å². The van der Waals surface area contributed by atoms with Crippen molar-refractivity contribution < 1.29 is 13.9 Å². The van der Waals surface area contributed by atoms with Gasteiger partial charge in [-0.15, -0.1) is 0 Å². The smallest absolute Gasteiger partial charge is 0.222 e. The molecule has 1 saturated heterocycles. The molecule has 134 valence electrons. The predicted molar refractivity (Wildman–Crippen MR) is 90.7 cm³/mol. The number of rotatable bonds is 5. The Labute approximate surface area is 146 Å². The van der Waals surface area contributed by atoms with Gasteiger partial charge in [-0.2, -0.15) is 5.10 Å². The van der Waals surface area contributed by atoms with E-state index in [0.29, 0.717) is 19.0 Å². The molecule has 1 amide bonds. The SMILES string of the molecule is O=C(C[C@@H]1CN(C2CCOCC2)Cc2ccnn21)NCc1ccco1. The van der Waals surface area contributed by atoms with Gasteiger partial charge >= 0.3 is 0 Å². The van der Waals surface area contributed by atoms with Crippen LogP contribution in [0.3, 0.4) is 0 Å². The molecule has 0 spiro atoms. The molecule has 4 rings (SSSR count). The molecule has 7 nitrogen and oxygen atoms in total. The summed E-state index contributed by atoms with van der Waals surface area (Å²) in [4.78, 5) is 14.9. The van der Waals surface area contributed by atoms with Crippen molar-refractivity contribution in [1.29, 1.82) is 0 Å². The van der Waals surface area contributed by atoms with E-state index in [9.17, 15) is 4.79 Å². The van der Waals surface area contributed by atoms with Gasteiger partial charge in [-0.25, -0.2) is 0 Å². The van der Waals surface area contributed by atoms with Crippen molar-refractivity contribution in [2.45, 2.75) is 44.4 Å². The number of nitrogens with one attached hydrogen (secondary N) is 1. The molecular formula is C18H24N4O3. The van der Waals surface area contributed by atoms with Gasteiger partial charge in [0.1, 0.15) is 5.76 Å². The number of carbonyl (C=O) groups is 1. The van der Waals surface area contributed by atoms with Crippen molar-refractivity contribution in [3.8, 4) is 0 Å². The Bertz CT molecular complexity index is 691. The highest BCUT2D eigenvalue weighted by Crippen LogP contribution is 2.27. The Morgan fingerprint density at radius 2 is 2.20 bits per heavy atom. The quantitative estimate of drug-likeness (QED) is 0.894. The molecule has 1 N–H and O–H groups in total. The van der Waals surface area contributed by atoms with Gasteiger partial charge in [0.25, 0.3) is 0 Å². The average Bonchev–Trinajstić information content (AvgIpc) is 3.32. The van der Waals surface area contributed by atoms with Crippen LogP contribution < -0.4 is 5.32 Å². The van der Waals surface area contributed by atoms with Gasteiger partial charge in [0, 0.05) is 38.5 Å². The van der Waals surface area contributed by atoms with Gasteiger partial charge in [0.15, 0.2) is 0 Å². The van der Waals surface area contributed by atoms with E-state index < -0.39 is 0 Å². The summed E-state index contributed by atoms with van der Waals surface area (Å²) in [6.07, 6.45) is 5.99. The summed E-state index contributed by atoms with van der Waals surface area (Å²) in [6, 6.07) is 6.34. The summed E-state index contributed by atoms with van der Waals surface area (Å²) in [7, 11) is 0. The number of hydrogen-bond acceptors (Lipinski definition) is 5. The highest BCUT2D eigenvalue weighted by atomic mass is 16.5. The van der Waals surface area contributed by atoms with Crippen LogP contribution in [0.2, 0.25) is 0 Å². The Morgan fingerprint density at radius 1 is 1.32 bits per heavy atom. The molecular weight excluding hydrogens is 320 g/mol. The molecule has 0 unspecified atom stereocenters. The summed E-state index contributed by atoms with van der Waals surface area (Å²) in [5.41, 5.74) is 1.18. The third kappa shape index (κ3) is 3.77. The molecule has 2 aliphatic heterocycles. The van der Waals surface area contributed by atoms with Crippen LogP contribution in [-0.2, 0) is 22.6 Å². The molecule has 1 fully saturated rings. The van der Waals surface area contributed by atoms with E-state index in [1.807, 2.05) is 23.0 Å². The maximum Gasteiger partial charge on any atom is 0.222 e. The molecule has 4 heterocycles. The molecule has 0 radical (unpaired) electrons. The lowest BCUT2D eigenvalue weighted by Gasteiger charge is -2.40. The second-order valence-electron chi connectivity index (χ2n) is 6.75. The second kappa shape index (κ2) is 7.41. The van der Waals surface area contributed by atoms with Gasteiger partial charge in [-0.05, 0) is 31.0 Å². The summed E-state index contributed by atoms with van der Waals surface area (Å²) >= 11 is 0. The summed E-state index contributed by atoms with van der Waals surface area (Å²) in [6.45, 7) is 3.83. The second-order valence-corrected chi connectivity index (χ2v) is 6.75. The fourth-order valence-corrected chi connectivity index (χ4v) is 3.78. The van der Waals surface area contributed by atoms with Crippen molar-refractivity contribution in [2.24, 2.45) is 0 Å². The van der Waals surface area contributed by atoms with Crippen molar-refractivity contribution in [3.63, 3.8) is 0 Å². The zero-order valence-corrected chi connectivity index (χ0v) is 14.3.